The molecule has 208 valence electrons. The minimum Gasteiger partial charge on any atom is -0.497 e. The Morgan fingerprint density at radius 1 is 0.850 bits per heavy atom. The molecule has 1 aliphatic rings. The molecule has 2 N–H and O–H groups in total. The Morgan fingerprint density at radius 2 is 1.68 bits per heavy atom. The van der Waals surface area contributed by atoms with Crippen molar-refractivity contribution < 1.29 is 9.47 Å². The third-order valence-corrected chi connectivity index (χ3v) is 7.17. The van der Waals surface area contributed by atoms with Crippen molar-refractivity contribution in [2.75, 3.05) is 57.6 Å². The molecule has 0 amide bonds. The molecular formula is C28H32ClN9O2. The molecule has 4 aromatic rings. The van der Waals surface area contributed by atoms with Crippen LogP contribution in [-0.2, 0) is 6.54 Å². The maximum Gasteiger partial charge on any atom is 0.143 e. The largest absolute Gasteiger partial charge is 0.497 e. The smallest absolute Gasteiger partial charge is 0.143 e. The van der Waals surface area contributed by atoms with Crippen LogP contribution in [0, 0.1) is 0 Å². The van der Waals surface area contributed by atoms with Crippen molar-refractivity contribution in [3.8, 4) is 22.8 Å². The maximum absolute atomic E-state index is 6.55. The van der Waals surface area contributed by atoms with Crippen LogP contribution in [0.4, 0.5) is 23.1 Å². The molecule has 12 heteroatoms. The van der Waals surface area contributed by atoms with E-state index >= 15 is 0 Å². The van der Waals surface area contributed by atoms with Gasteiger partial charge in [-0.1, -0.05) is 24.6 Å². The molecular weight excluding hydrogens is 530 g/mol. The van der Waals surface area contributed by atoms with Crippen molar-refractivity contribution in [2.45, 2.75) is 13.5 Å². The zero-order valence-corrected chi connectivity index (χ0v) is 23.5. The van der Waals surface area contributed by atoms with Crippen LogP contribution in [0.1, 0.15) is 12.5 Å². The van der Waals surface area contributed by atoms with Crippen molar-refractivity contribution in [1.29, 1.82) is 0 Å². The summed E-state index contributed by atoms with van der Waals surface area (Å²) in [4.78, 5) is 27.0. The lowest BCUT2D eigenvalue weighted by Crippen LogP contribution is -2.45. The first-order valence-electron chi connectivity index (χ1n) is 13.0. The van der Waals surface area contributed by atoms with Crippen molar-refractivity contribution in [3.63, 3.8) is 0 Å². The molecule has 3 aromatic heterocycles. The van der Waals surface area contributed by atoms with Crippen LogP contribution < -0.4 is 20.1 Å². The monoisotopic (exact) mass is 561 g/mol. The average molecular weight is 562 g/mol. The SMILES string of the molecule is CCN1CCN(Cc2ccc(Nc3cc(-c4cncnc4Nc4cc(OC)cc(OC)c4Cl)ncn3)nc2)CC1. The van der Waals surface area contributed by atoms with E-state index in [4.69, 9.17) is 21.1 Å². The minimum atomic E-state index is 0.399. The molecule has 1 aliphatic heterocycles. The number of nitrogens with zero attached hydrogens (tertiary/aromatic N) is 7. The van der Waals surface area contributed by atoms with Crippen molar-refractivity contribution >= 4 is 34.7 Å². The van der Waals surface area contributed by atoms with Gasteiger partial charge >= 0.3 is 0 Å². The number of nitrogens with one attached hydrogen (secondary N) is 2. The molecule has 40 heavy (non-hydrogen) atoms. The van der Waals surface area contributed by atoms with Gasteiger partial charge in [-0.2, -0.15) is 0 Å². The van der Waals surface area contributed by atoms with Gasteiger partial charge in [0.05, 0.1) is 31.2 Å². The summed E-state index contributed by atoms with van der Waals surface area (Å²) in [7, 11) is 3.13. The van der Waals surface area contributed by atoms with Crippen molar-refractivity contribution in [3.05, 3.63) is 66.0 Å². The Labute approximate surface area is 238 Å². The minimum absolute atomic E-state index is 0.399. The van der Waals surface area contributed by atoms with Crippen LogP contribution >= 0.6 is 11.6 Å². The van der Waals surface area contributed by atoms with Gasteiger partial charge < -0.3 is 25.0 Å². The summed E-state index contributed by atoms with van der Waals surface area (Å²) in [6, 6.07) is 9.37. The number of hydrogen-bond donors (Lipinski definition) is 2. The first-order valence-corrected chi connectivity index (χ1v) is 13.4. The van der Waals surface area contributed by atoms with E-state index in [1.54, 1.807) is 32.5 Å². The lowest BCUT2D eigenvalue weighted by atomic mass is 10.2. The van der Waals surface area contributed by atoms with Crippen LogP contribution in [0.25, 0.3) is 11.3 Å². The number of aromatic nitrogens is 5. The number of piperazine rings is 1. The van der Waals surface area contributed by atoms with Gasteiger partial charge in [-0.3, -0.25) is 4.90 Å². The first kappa shape index (κ1) is 27.5. The molecule has 5 rings (SSSR count). The number of hydrogen-bond acceptors (Lipinski definition) is 11. The summed E-state index contributed by atoms with van der Waals surface area (Å²) >= 11 is 6.55. The second-order valence-corrected chi connectivity index (χ2v) is 9.65. The first-order chi connectivity index (χ1) is 19.6. The van der Waals surface area contributed by atoms with Gasteiger partial charge in [-0.15, -0.1) is 0 Å². The second-order valence-electron chi connectivity index (χ2n) is 9.28. The Bertz CT molecular complexity index is 1430. The zero-order chi connectivity index (χ0) is 27.9. The Hall–Kier alpha value is -4.06. The van der Waals surface area contributed by atoms with Crippen LogP contribution in [0.3, 0.4) is 0 Å². The molecule has 1 aromatic carbocycles. The lowest BCUT2D eigenvalue weighted by Gasteiger charge is -2.33. The van der Waals surface area contributed by atoms with E-state index in [1.165, 1.54) is 18.2 Å². The molecule has 11 nitrogen and oxygen atoms in total. The summed E-state index contributed by atoms with van der Waals surface area (Å²) in [5.74, 6) is 2.87. The van der Waals surface area contributed by atoms with Crippen molar-refractivity contribution in [2.24, 2.45) is 0 Å². The molecule has 0 unspecified atom stereocenters. The van der Waals surface area contributed by atoms with E-state index in [0.29, 0.717) is 50.9 Å². The topological polar surface area (TPSA) is 113 Å². The molecule has 0 atom stereocenters. The molecule has 1 saturated heterocycles. The molecule has 4 heterocycles. The van der Waals surface area contributed by atoms with Crippen LogP contribution in [0.5, 0.6) is 11.5 Å². The third kappa shape index (κ3) is 6.56. The lowest BCUT2D eigenvalue weighted by molar-refractivity contribution is 0.132. The van der Waals surface area contributed by atoms with Gasteiger partial charge in [0.15, 0.2) is 0 Å². The number of pyridine rings is 1. The fourth-order valence-electron chi connectivity index (χ4n) is 4.49. The highest BCUT2D eigenvalue weighted by Gasteiger charge is 2.17. The Balaban J connectivity index is 1.30. The molecule has 0 spiro atoms. The fraction of sp³-hybridized carbons (Fsp3) is 0.321. The van der Waals surface area contributed by atoms with E-state index in [0.717, 1.165) is 39.3 Å². The van der Waals surface area contributed by atoms with Gasteiger partial charge in [0.1, 0.15) is 46.6 Å². The van der Waals surface area contributed by atoms with Gasteiger partial charge in [-0.05, 0) is 18.2 Å². The number of ether oxygens (including phenoxy) is 2. The summed E-state index contributed by atoms with van der Waals surface area (Å²) < 4.78 is 10.8. The Morgan fingerprint density at radius 3 is 2.40 bits per heavy atom. The van der Waals surface area contributed by atoms with E-state index in [2.05, 4.69) is 58.3 Å². The number of likely N-dealkylation sites (N-methyl/N-ethyl adjacent to an activating group) is 1. The average Bonchev–Trinajstić information content (AvgIpc) is 3.00. The van der Waals surface area contributed by atoms with E-state index in [1.807, 2.05) is 18.3 Å². The van der Waals surface area contributed by atoms with Crippen LogP contribution in [-0.4, -0.2) is 81.7 Å². The van der Waals surface area contributed by atoms with Crippen molar-refractivity contribution in [1.82, 2.24) is 34.7 Å². The molecule has 0 bridgehead atoms. The Kier molecular flexibility index (Phi) is 8.84. The predicted molar refractivity (Wildman–Crippen MR) is 156 cm³/mol. The van der Waals surface area contributed by atoms with E-state index < -0.39 is 0 Å². The predicted octanol–water partition coefficient (Wildman–Crippen LogP) is 4.62. The number of benzene rings is 1. The highest BCUT2D eigenvalue weighted by molar-refractivity contribution is 6.35. The van der Waals surface area contributed by atoms with Gasteiger partial charge in [0.25, 0.3) is 0 Å². The highest BCUT2D eigenvalue weighted by Crippen LogP contribution is 2.39. The summed E-state index contributed by atoms with van der Waals surface area (Å²) in [5, 5.41) is 6.93. The fourth-order valence-corrected chi connectivity index (χ4v) is 4.73. The van der Waals surface area contributed by atoms with Gasteiger partial charge in [-0.25, -0.2) is 24.9 Å². The molecule has 0 saturated carbocycles. The van der Waals surface area contributed by atoms with Gasteiger partial charge in [0, 0.05) is 63.3 Å². The number of rotatable bonds is 10. The highest BCUT2D eigenvalue weighted by atomic mass is 35.5. The third-order valence-electron chi connectivity index (χ3n) is 6.78. The van der Waals surface area contributed by atoms with E-state index in [-0.39, 0.29) is 0 Å². The standard InChI is InChI=1S/C28H32ClN9O2/c1-4-37-7-9-38(10-8-37)16-19-5-6-25(31-14-19)36-26-13-22(32-18-33-26)21-15-30-17-34-28(21)35-23-11-20(39-2)12-24(40-3)27(23)29/h5-6,11-15,17-18H,4,7-10,16H2,1-3H3,(H,30,34,35)(H,31,32,33,36). The quantitative estimate of drug-likeness (QED) is 0.282. The zero-order valence-electron chi connectivity index (χ0n) is 22.8. The molecule has 0 radical (unpaired) electrons. The van der Waals surface area contributed by atoms with E-state index in [9.17, 15) is 0 Å². The van der Waals surface area contributed by atoms with Crippen LogP contribution in [0.2, 0.25) is 5.02 Å². The maximum atomic E-state index is 6.55. The normalized spacial score (nSPS) is 14.1. The second kappa shape index (κ2) is 12.9. The van der Waals surface area contributed by atoms with Crippen LogP contribution in [0.15, 0.2) is 55.4 Å². The molecule has 0 aliphatic carbocycles. The number of methoxy groups -OCH3 is 2. The summed E-state index contributed by atoms with van der Waals surface area (Å²) in [6.07, 6.45) is 6.53. The summed E-state index contributed by atoms with van der Waals surface area (Å²) in [5.41, 5.74) is 3.04. The van der Waals surface area contributed by atoms with Gasteiger partial charge in [0.2, 0.25) is 0 Å². The number of halogens is 1. The number of anilines is 4. The molecule has 1 fully saturated rings. The summed E-state index contributed by atoms with van der Waals surface area (Å²) in [6.45, 7) is 8.61.